The van der Waals surface area contributed by atoms with Crippen molar-refractivity contribution >= 4 is 17.4 Å². The number of rotatable bonds is 8. The molecule has 1 fully saturated rings. The second-order valence-corrected chi connectivity index (χ2v) is 7.53. The summed E-state index contributed by atoms with van der Waals surface area (Å²) in [6.07, 6.45) is 1.25. The molecule has 2 aromatic carbocycles. The van der Waals surface area contributed by atoms with Crippen LogP contribution in [0.4, 0.5) is 11.5 Å². The Bertz CT molecular complexity index is 1070. The monoisotopic (exact) mass is 448 g/mol. The van der Waals surface area contributed by atoms with Gasteiger partial charge in [0.2, 0.25) is 0 Å². The fraction of sp³-hybridized carbons (Fsp3) is 0.250. The van der Waals surface area contributed by atoms with Crippen LogP contribution in [0.5, 0.6) is 11.5 Å². The van der Waals surface area contributed by atoms with Crippen LogP contribution in [0.1, 0.15) is 5.56 Å². The molecule has 0 saturated carbocycles. The van der Waals surface area contributed by atoms with Gasteiger partial charge in [-0.3, -0.25) is 14.9 Å². The maximum absolute atomic E-state index is 12.5. The fourth-order valence-electron chi connectivity index (χ4n) is 3.47. The lowest BCUT2D eigenvalue weighted by atomic mass is 10.2. The number of carbonyl (C=O) groups is 1. The number of nitrogens with zero attached hydrogens (tertiary/aromatic N) is 4. The van der Waals surface area contributed by atoms with E-state index >= 15 is 0 Å². The van der Waals surface area contributed by atoms with Crippen LogP contribution in [0.25, 0.3) is 0 Å². The minimum Gasteiger partial charge on any atom is -0.489 e. The number of amides is 1. The molecule has 1 aliphatic heterocycles. The summed E-state index contributed by atoms with van der Waals surface area (Å²) in [5, 5.41) is 10.8. The van der Waals surface area contributed by atoms with Crippen LogP contribution in [-0.4, -0.2) is 53.5 Å². The van der Waals surface area contributed by atoms with Gasteiger partial charge in [-0.1, -0.05) is 30.3 Å². The molecule has 1 saturated heterocycles. The van der Waals surface area contributed by atoms with Crippen LogP contribution in [-0.2, 0) is 11.4 Å². The van der Waals surface area contributed by atoms with Gasteiger partial charge < -0.3 is 19.3 Å². The van der Waals surface area contributed by atoms with Gasteiger partial charge in [-0.25, -0.2) is 4.98 Å². The molecule has 170 valence electrons. The Hall–Kier alpha value is -4.14. The van der Waals surface area contributed by atoms with E-state index in [4.69, 9.17) is 9.47 Å². The SMILES string of the molecule is O=C(COc1ccc(OCc2ccccc2)cc1)N1CCN(c2ccc([N+](=O)[O-])cn2)CC1. The third-order valence-electron chi connectivity index (χ3n) is 5.33. The molecule has 0 unspecified atom stereocenters. The number of piperazine rings is 1. The number of benzene rings is 2. The molecule has 3 aromatic rings. The predicted molar refractivity (Wildman–Crippen MR) is 122 cm³/mol. The summed E-state index contributed by atoms with van der Waals surface area (Å²) < 4.78 is 11.4. The van der Waals surface area contributed by atoms with E-state index in [1.807, 2.05) is 47.4 Å². The second-order valence-electron chi connectivity index (χ2n) is 7.53. The highest BCUT2D eigenvalue weighted by atomic mass is 16.6. The fourth-order valence-corrected chi connectivity index (χ4v) is 3.47. The first-order valence-electron chi connectivity index (χ1n) is 10.6. The molecule has 33 heavy (non-hydrogen) atoms. The van der Waals surface area contributed by atoms with Gasteiger partial charge in [0, 0.05) is 32.2 Å². The van der Waals surface area contributed by atoms with Crippen LogP contribution >= 0.6 is 0 Å². The molecule has 1 aromatic heterocycles. The van der Waals surface area contributed by atoms with E-state index in [1.165, 1.54) is 12.3 Å². The van der Waals surface area contributed by atoms with E-state index < -0.39 is 4.92 Å². The van der Waals surface area contributed by atoms with Gasteiger partial charge in [0.15, 0.2) is 6.61 Å². The van der Waals surface area contributed by atoms with Crippen molar-refractivity contribution in [2.45, 2.75) is 6.61 Å². The van der Waals surface area contributed by atoms with Crippen molar-refractivity contribution in [1.29, 1.82) is 0 Å². The lowest BCUT2D eigenvalue weighted by Gasteiger charge is -2.35. The molecule has 1 amide bonds. The lowest BCUT2D eigenvalue weighted by Crippen LogP contribution is -2.50. The quantitative estimate of drug-likeness (QED) is 0.385. The molecule has 0 aliphatic carbocycles. The zero-order chi connectivity index (χ0) is 23.0. The number of pyridine rings is 1. The number of hydrogen-bond donors (Lipinski definition) is 0. The van der Waals surface area contributed by atoms with Crippen LogP contribution in [0.2, 0.25) is 0 Å². The Kier molecular flexibility index (Phi) is 6.99. The summed E-state index contributed by atoms with van der Waals surface area (Å²) in [5.74, 6) is 1.91. The van der Waals surface area contributed by atoms with Gasteiger partial charge in [-0.2, -0.15) is 0 Å². The highest BCUT2D eigenvalue weighted by molar-refractivity contribution is 5.78. The van der Waals surface area contributed by atoms with Crippen LogP contribution in [0, 0.1) is 10.1 Å². The summed E-state index contributed by atoms with van der Waals surface area (Å²) in [5.41, 5.74) is 1.05. The van der Waals surface area contributed by atoms with E-state index in [2.05, 4.69) is 4.98 Å². The molecular formula is C24H24N4O5. The Morgan fingerprint density at radius 2 is 1.58 bits per heavy atom. The van der Waals surface area contributed by atoms with Gasteiger partial charge in [0.25, 0.3) is 11.6 Å². The zero-order valence-corrected chi connectivity index (χ0v) is 18.0. The first kappa shape index (κ1) is 22.1. The van der Waals surface area contributed by atoms with Crippen molar-refractivity contribution in [2.24, 2.45) is 0 Å². The Morgan fingerprint density at radius 3 is 2.18 bits per heavy atom. The molecule has 9 nitrogen and oxygen atoms in total. The molecule has 4 rings (SSSR count). The number of aromatic nitrogens is 1. The average Bonchev–Trinajstić information content (AvgIpc) is 2.87. The van der Waals surface area contributed by atoms with Gasteiger partial charge in [-0.15, -0.1) is 0 Å². The summed E-state index contributed by atoms with van der Waals surface area (Å²) >= 11 is 0. The molecule has 0 N–H and O–H groups in total. The largest absolute Gasteiger partial charge is 0.489 e. The molecule has 2 heterocycles. The Labute approximate surface area is 191 Å². The van der Waals surface area contributed by atoms with E-state index in [1.54, 1.807) is 23.1 Å². The number of nitro groups is 1. The van der Waals surface area contributed by atoms with Gasteiger partial charge in [0.05, 0.1) is 4.92 Å². The number of hydrogen-bond acceptors (Lipinski definition) is 7. The first-order valence-corrected chi connectivity index (χ1v) is 10.6. The smallest absolute Gasteiger partial charge is 0.287 e. The third-order valence-corrected chi connectivity index (χ3v) is 5.33. The maximum atomic E-state index is 12.5. The standard InChI is InChI=1S/C24H24N4O5/c29-24(27-14-12-26(13-15-27)23-11-6-20(16-25-23)28(30)31)18-33-22-9-7-21(8-10-22)32-17-19-4-2-1-3-5-19/h1-11,16H,12-15,17-18H2. The second kappa shape index (κ2) is 10.4. The molecule has 0 radical (unpaired) electrons. The molecular weight excluding hydrogens is 424 g/mol. The van der Waals surface area contributed by atoms with E-state index in [0.29, 0.717) is 44.4 Å². The van der Waals surface area contributed by atoms with Gasteiger partial charge in [0.1, 0.15) is 30.1 Å². The summed E-state index contributed by atoms with van der Waals surface area (Å²) in [7, 11) is 0. The van der Waals surface area contributed by atoms with E-state index in [9.17, 15) is 14.9 Å². The number of ether oxygens (including phenoxy) is 2. The van der Waals surface area contributed by atoms with Crippen molar-refractivity contribution in [2.75, 3.05) is 37.7 Å². The molecule has 1 aliphatic rings. The average molecular weight is 448 g/mol. The maximum Gasteiger partial charge on any atom is 0.287 e. The minimum absolute atomic E-state index is 0.0412. The molecule has 0 spiro atoms. The normalized spacial score (nSPS) is 13.5. The van der Waals surface area contributed by atoms with Crippen molar-refractivity contribution < 1.29 is 19.2 Å². The Balaban J connectivity index is 1.20. The highest BCUT2D eigenvalue weighted by Gasteiger charge is 2.22. The van der Waals surface area contributed by atoms with E-state index in [-0.39, 0.29) is 18.2 Å². The molecule has 0 bridgehead atoms. The van der Waals surface area contributed by atoms with Crippen LogP contribution in [0.15, 0.2) is 72.9 Å². The Morgan fingerprint density at radius 1 is 0.909 bits per heavy atom. The lowest BCUT2D eigenvalue weighted by molar-refractivity contribution is -0.385. The minimum atomic E-state index is -0.474. The van der Waals surface area contributed by atoms with Crippen molar-refractivity contribution in [3.8, 4) is 11.5 Å². The highest BCUT2D eigenvalue weighted by Crippen LogP contribution is 2.20. The van der Waals surface area contributed by atoms with Crippen LogP contribution in [0.3, 0.4) is 0 Å². The van der Waals surface area contributed by atoms with Crippen molar-refractivity contribution in [3.63, 3.8) is 0 Å². The molecule has 9 heteroatoms. The van der Waals surface area contributed by atoms with Crippen molar-refractivity contribution in [1.82, 2.24) is 9.88 Å². The summed E-state index contributed by atoms with van der Waals surface area (Å²) in [4.78, 5) is 30.7. The van der Waals surface area contributed by atoms with Crippen LogP contribution < -0.4 is 14.4 Å². The zero-order valence-electron chi connectivity index (χ0n) is 18.0. The predicted octanol–water partition coefficient (Wildman–Crippen LogP) is 3.30. The number of carbonyl (C=O) groups excluding carboxylic acids is 1. The third kappa shape index (κ3) is 5.97. The van der Waals surface area contributed by atoms with E-state index in [0.717, 1.165) is 11.3 Å². The van der Waals surface area contributed by atoms with Gasteiger partial charge >= 0.3 is 0 Å². The summed E-state index contributed by atoms with van der Waals surface area (Å²) in [6.45, 7) is 2.72. The van der Waals surface area contributed by atoms with Crippen molar-refractivity contribution in [3.05, 3.63) is 88.6 Å². The topological polar surface area (TPSA) is 98.0 Å². The first-order chi connectivity index (χ1) is 16.1. The molecule has 0 atom stereocenters. The van der Waals surface area contributed by atoms with Gasteiger partial charge in [-0.05, 0) is 35.9 Å². The summed E-state index contributed by atoms with van der Waals surface area (Å²) in [6, 6.07) is 20.2. The number of anilines is 1.